The quantitative estimate of drug-likeness (QED) is 0.453. The summed E-state index contributed by atoms with van der Waals surface area (Å²) in [5.74, 6) is -1.29. The Morgan fingerprint density at radius 3 is 2.47 bits per heavy atom. The van der Waals surface area contributed by atoms with Gasteiger partial charge in [-0.1, -0.05) is 6.07 Å². The molecule has 0 bridgehead atoms. The highest BCUT2D eigenvalue weighted by Gasteiger charge is 2.38. The topological polar surface area (TPSA) is 150 Å². The van der Waals surface area contributed by atoms with Gasteiger partial charge in [0, 0.05) is 36.5 Å². The van der Waals surface area contributed by atoms with E-state index in [1.807, 2.05) is 12.3 Å². The van der Waals surface area contributed by atoms with E-state index in [1.165, 1.54) is 0 Å². The van der Waals surface area contributed by atoms with Crippen LogP contribution >= 0.6 is 0 Å². The summed E-state index contributed by atoms with van der Waals surface area (Å²) in [6.45, 7) is 0.442. The number of hydrogen-bond acceptors (Lipinski definition) is 7. The van der Waals surface area contributed by atoms with E-state index in [1.54, 1.807) is 18.2 Å². The number of alkyl halides is 3. The van der Waals surface area contributed by atoms with Crippen LogP contribution in [0.5, 0.6) is 5.75 Å². The minimum absolute atomic E-state index is 0.171. The first-order chi connectivity index (χ1) is 14.1. The summed E-state index contributed by atoms with van der Waals surface area (Å²) in [6, 6.07) is 6.75. The summed E-state index contributed by atoms with van der Waals surface area (Å²) in [5.41, 5.74) is 6.93. The zero-order valence-electron chi connectivity index (χ0n) is 15.6. The molecule has 162 valence electrons. The minimum atomic E-state index is -5.08. The molecule has 30 heavy (non-hydrogen) atoms. The molecule has 1 aromatic carbocycles. The third-order valence-corrected chi connectivity index (χ3v) is 3.84. The number of anilines is 3. The molecule has 0 spiro atoms. The molecular formula is C18H20F3N5O4. The number of aliphatic carboxylic acids is 1. The van der Waals surface area contributed by atoms with Gasteiger partial charge in [-0.25, -0.2) is 9.78 Å². The number of carbonyl (C=O) groups is 2. The highest BCUT2D eigenvalue weighted by Crippen LogP contribution is 2.42. The number of amides is 1. The summed E-state index contributed by atoms with van der Waals surface area (Å²) >= 11 is 0. The zero-order valence-corrected chi connectivity index (χ0v) is 15.6. The molecule has 1 aliphatic rings. The normalized spacial score (nSPS) is 13.0. The van der Waals surface area contributed by atoms with Gasteiger partial charge >= 0.3 is 12.1 Å². The van der Waals surface area contributed by atoms with Crippen LogP contribution in [0.1, 0.15) is 30.7 Å². The molecule has 9 nitrogen and oxygen atoms in total. The van der Waals surface area contributed by atoms with E-state index in [4.69, 9.17) is 15.6 Å². The van der Waals surface area contributed by atoms with Crippen molar-refractivity contribution in [3.8, 4) is 5.75 Å². The number of nitrogens with one attached hydrogen (secondary N) is 2. The van der Waals surface area contributed by atoms with Crippen molar-refractivity contribution in [3.05, 3.63) is 36.0 Å². The number of halogens is 3. The van der Waals surface area contributed by atoms with Gasteiger partial charge in [-0.05, 0) is 30.9 Å². The lowest BCUT2D eigenvalue weighted by atomic mass is 10.2. The van der Waals surface area contributed by atoms with Crippen LogP contribution in [0.4, 0.5) is 30.6 Å². The molecule has 1 aromatic heterocycles. The number of phenolic OH excluding ortho intramolecular Hbond substituents is 1. The molecule has 1 fully saturated rings. The van der Waals surface area contributed by atoms with Crippen molar-refractivity contribution in [1.82, 2.24) is 9.97 Å². The summed E-state index contributed by atoms with van der Waals surface area (Å²) in [5, 5.41) is 22.8. The van der Waals surface area contributed by atoms with Gasteiger partial charge in [0.05, 0.1) is 0 Å². The van der Waals surface area contributed by atoms with E-state index in [2.05, 4.69) is 20.6 Å². The van der Waals surface area contributed by atoms with Crippen molar-refractivity contribution < 1.29 is 33.0 Å². The number of carboxylic acids is 1. The van der Waals surface area contributed by atoms with Crippen molar-refractivity contribution in [2.45, 2.75) is 31.4 Å². The van der Waals surface area contributed by atoms with E-state index >= 15 is 0 Å². The number of benzene rings is 1. The highest BCUT2D eigenvalue weighted by molar-refractivity contribution is 5.74. The first-order valence-electron chi connectivity index (χ1n) is 8.81. The zero-order chi connectivity index (χ0) is 22.3. The van der Waals surface area contributed by atoms with Gasteiger partial charge in [-0.2, -0.15) is 18.2 Å². The van der Waals surface area contributed by atoms with Crippen LogP contribution < -0.4 is 16.4 Å². The Bertz CT molecular complexity index is 904. The van der Waals surface area contributed by atoms with Crippen LogP contribution in [0.3, 0.4) is 0 Å². The van der Waals surface area contributed by atoms with Crippen LogP contribution in [-0.2, 0) is 9.59 Å². The Balaban J connectivity index is 0.000000396. The first kappa shape index (κ1) is 22.7. The fourth-order valence-electron chi connectivity index (χ4n) is 2.30. The predicted molar refractivity (Wildman–Crippen MR) is 101 cm³/mol. The average Bonchev–Trinajstić information content (AvgIpc) is 3.46. The van der Waals surface area contributed by atoms with Crippen LogP contribution in [0.2, 0.25) is 0 Å². The molecule has 0 radical (unpaired) electrons. The van der Waals surface area contributed by atoms with E-state index in [0.717, 1.165) is 24.2 Å². The molecule has 1 heterocycles. The van der Waals surface area contributed by atoms with Crippen molar-refractivity contribution in [2.75, 3.05) is 17.2 Å². The van der Waals surface area contributed by atoms with E-state index in [-0.39, 0.29) is 18.1 Å². The molecule has 2 aromatic rings. The largest absolute Gasteiger partial charge is 0.508 e. The molecule has 0 unspecified atom stereocenters. The Morgan fingerprint density at radius 2 is 1.93 bits per heavy atom. The monoisotopic (exact) mass is 427 g/mol. The lowest BCUT2D eigenvalue weighted by Gasteiger charge is -2.12. The first-order valence-corrected chi connectivity index (χ1v) is 8.81. The maximum Gasteiger partial charge on any atom is 0.490 e. The molecule has 0 aliphatic heterocycles. The summed E-state index contributed by atoms with van der Waals surface area (Å²) in [4.78, 5) is 28.6. The third-order valence-electron chi connectivity index (χ3n) is 3.84. The highest BCUT2D eigenvalue weighted by atomic mass is 19.4. The van der Waals surface area contributed by atoms with Crippen LogP contribution in [0, 0.1) is 0 Å². The summed E-state index contributed by atoms with van der Waals surface area (Å²) in [6.07, 6.45) is -0.758. The Hall–Kier alpha value is -3.57. The van der Waals surface area contributed by atoms with E-state index < -0.39 is 12.1 Å². The average molecular weight is 427 g/mol. The van der Waals surface area contributed by atoms with E-state index in [0.29, 0.717) is 24.1 Å². The maximum atomic E-state index is 10.9. The van der Waals surface area contributed by atoms with Crippen LogP contribution in [-0.4, -0.2) is 44.8 Å². The second-order valence-electron chi connectivity index (χ2n) is 6.39. The number of hydrogen-bond donors (Lipinski definition) is 5. The molecule has 1 saturated carbocycles. The van der Waals surface area contributed by atoms with Gasteiger partial charge in [-0.15, -0.1) is 0 Å². The predicted octanol–water partition coefficient (Wildman–Crippen LogP) is 2.72. The minimum Gasteiger partial charge on any atom is -0.508 e. The molecule has 3 rings (SSSR count). The van der Waals surface area contributed by atoms with Crippen molar-refractivity contribution in [3.63, 3.8) is 0 Å². The molecule has 0 atom stereocenters. The number of carboxylic acid groups (broad SMARTS) is 1. The molecule has 1 amide bonds. The molecular weight excluding hydrogens is 407 g/mol. The van der Waals surface area contributed by atoms with Gasteiger partial charge in [0.15, 0.2) is 0 Å². The summed E-state index contributed by atoms with van der Waals surface area (Å²) < 4.78 is 31.7. The lowest BCUT2D eigenvalue weighted by Crippen LogP contribution is -2.21. The van der Waals surface area contributed by atoms with Crippen molar-refractivity contribution in [2.24, 2.45) is 5.73 Å². The molecule has 1 aliphatic carbocycles. The number of carbonyl (C=O) groups excluding carboxylic acids is 1. The number of aromatic hydroxyl groups is 1. The SMILES string of the molecule is NC(=O)CCNc1nc(Nc2cccc(O)c2)ncc1C1CC1.O=C(O)C(F)(F)F. The van der Waals surface area contributed by atoms with Crippen LogP contribution in [0.25, 0.3) is 0 Å². The molecule has 0 saturated heterocycles. The number of nitrogens with zero attached hydrogens (tertiary/aromatic N) is 2. The van der Waals surface area contributed by atoms with Gasteiger partial charge in [-0.3, -0.25) is 4.79 Å². The Labute approximate surface area is 169 Å². The van der Waals surface area contributed by atoms with E-state index in [9.17, 15) is 23.1 Å². The number of phenols is 1. The van der Waals surface area contributed by atoms with Gasteiger partial charge in [0.1, 0.15) is 11.6 Å². The summed E-state index contributed by atoms with van der Waals surface area (Å²) in [7, 11) is 0. The van der Waals surface area contributed by atoms with Crippen LogP contribution in [0.15, 0.2) is 30.5 Å². The second kappa shape index (κ2) is 9.76. The smallest absolute Gasteiger partial charge is 0.490 e. The number of nitrogens with two attached hydrogens (primary N) is 1. The van der Waals surface area contributed by atoms with Crippen molar-refractivity contribution in [1.29, 1.82) is 0 Å². The lowest BCUT2D eigenvalue weighted by molar-refractivity contribution is -0.192. The Kier molecular flexibility index (Phi) is 7.39. The fourth-order valence-corrected chi connectivity index (χ4v) is 2.30. The fraction of sp³-hybridized carbons (Fsp3) is 0.333. The third kappa shape index (κ3) is 7.45. The second-order valence-corrected chi connectivity index (χ2v) is 6.39. The molecule has 12 heteroatoms. The van der Waals surface area contributed by atoms with Gasteiger partial charge < -0.3 is 26.6 Å². The van der Waals surface area contributed by atoms with Gasteiger partial charge in [0.25, 0.3) is 0 Å². The number of aromatic nitrogens is 2. The number of primary amides is 1. The number of rotatable bonds is 7. The standard InChI is InChI=1S/C16H19N5O2.C2HF3O2/c17-14(23)6-7-18-15-13(10-4-5-10)9-19-16(21-15)20-11-2-1-3-12(22)8-11;3-2(4,5)1(6)7/h1-3,8-10,22H,4-7H2,(H2,17,23)(H2,18,19,20,21);(H,6,7). The van der Waals surface area contributed by atoms with Crippen molar-refractivity contribution >= 4 is 29.3 Å². The maximum absolute atomic E-state index is 10.9. The molecule has 6 N–H and O–H groups in total. The Morgan fingerprint density at radius 1 is 1.27 bits per heavy atom. The van der Waals surface area contributed by atoms with Gasteiger partial charge in [0.2, 0.25) is 11.9 Å².